The minimum absolute atomic E-state index is 0.175. The highest BCUT2D eigenvalue weighted by Gasteiger charge is 2.20. The van der Waals surface area contributed by atoms with Gasteiger partial charge in [-0.05, 0) is 6.26 Å². The van der Waals surface area contributed by atoms with Crippen LogP contribution in [0.3, 0.4) is 0 Å². The predicted octanol–water partition coefficient (Wildman–Crippen LogP) is 0.0567. The van der Waals surface area contributed by atoms with Crippen molar-refractivity contribution in [3.63, 3.8) is 0 Å². The molecule has 0 unspecified atom stereocenters. The third-order valence-corrected chi connectivity index (χ3v) is 3.39. The third-order valence-electron chi connectivity index (χ3n) is 2.85. The fourth-order valence-corrected chi connectivity index (χ4v) is 2.22. The molecule has 6 heteroatoms. The number of thioether (sulfide) groups is 1. The summed E-state index contributed by atoms with van der Waals surface area (Å²) in [5, 5.41) is 0. The maximum absolute atomic E-state index is 11.6. The molecule has 0 aromatic heterocycles. The van der Waals surface area contributed by atoms with Crippen LogP contribution in [0.25, 0.3) is 0 Å². The molecular formula is C11H20N2O3S. The Morgan fingerprint density at radius 2 is 1.88 bits per heavy atom. The molecule has 0 bridgehead atoms. The average Bonchev–Trinajstić information content (AvgIpc) is 2.36. The Morgan fingerprint density at radius 3 is 2.41 bits per heavy atom. The van der Waals surface area contributed by atoms with Crippen molar-refractivity contribution in [2.24, 2.45) is 0 Å². The number of piperazine rings is 1. The van der Waals surface area contributed by atoms with Crippen LogP contribution in [0.1, 0.15) is 6.42 Å². The van der Waals surface area contributed by atoms with Crippen molar-refractivity contribution < 1.29 is 14.3 Å². The van der Waals surface area contributed by atoms with Gasteiger partial charge in [-0.25, -0.2) is 0 Å². The van der Waals surface area contributed by atoms with Crippen LogP contribution in [0.5, 0.6) is 0 Å². The lowest BCUT2D eigenvalue weighted by atomic mass is 10.3. The monoisotopic (exact) mass is 260 g/mol. The van der Waals surface area contributed by atoms with E-state index >= 15 is 0 Å². The molecule has 17 heavy (non-hydrogen) atoms. The quantitative estimate of drug-likeness (QED) is 0.654. The predicted molar refractivity (Wildman–Crippen MR) is 68.0 cm³/mol. The van der Waals surface area contributed by atoms with Crippen LogP contribution in [-0.2, 0) is 14.3 Å². The van der Waals surface area contributed by atoms with Gasteiger partial charge in [0.15, 0.2) is 0 Å². The van der Waals surface area contributed by atoms with Crippen LogP contribution >= 0.6 is 11.8 Å². The first-order chi connectivity index (χ1) is 8.17. The minimum atomic E-state index is -0.175. The number of amides is 1. The molecule has 1 aliphatic heterocycles. The average molecular weight is 260 g/mol. The van der Waals surface area contributed by atoms with Crippen LogP contribution in [0, 0.1) is 0 Å². The first-order valence-electron chi connectivity index (χ1n) is 5.73. The topological polar surface area (TPSA) is 49.9 Å². The largest absolute Gasteiger partial charge is 0.469 e. The van der Waals surface area contributed by atoms with E-state index < -0.39 is 0 Å². The fourth-order valence-electron chi connectivity index (χ4n) is 1.79. The van der Waals surface area contributed by atoms with Gasteiger partial charge in [-0.3, -0.25) is 14.5 Å². The van der Waals surface area contributed by atoms with Crippen molar-refractivity contribution in [3.8, 4) is 0 Å². The molecule has 1 amide bonds. The second kappa shape index (κ2) is 7.55. The highest BCUT2D eigenvalue weighted by molar-refractivity contribution is 7.99. The number of methoxy groups -OCH3 is 1. The molecule has 0 aromatic carbocycles. The molecule has 0 atom stereocenters. The van der Waals surface area contributed by atoms with Crippen molar-refractivity contribution in [3.05, 3.63) is 0 Å². The summed E-state index contributed by atoms with van der Waals surface area (Å²) in [7, 11) is 1.40. The summed E-state index contributed by atoms with van der Waals surface area (Å²) in [4.78, 5) is 26.7. The maximum Gasteiger partial charge on any atom is 0.306 e. The Hall–Kier alpha value is -0.750. The molecule has 0 saturated carbocycles. The van der Waals surface area contributed by atoms with Crippen LogP contribution in [0.2, 0.25) is 0 Å². The van der Waals surface area contributed by atoms with E-state index in [0.29, 0.717) is 12.2 Å². The molecule has 1 heterocycles. The van der Waals surface area contributed by atoms with E-state index in [2.05, 4.69) is 9.64 Å². The molecule has 0 N–H and O–H groups in total. The van der Waals surface area contributed by atoms with Gasteiger partial charge in [0.1, 0.15) is 0 Å². The van der Waals surface area contributed by atoms with Gasteiger partial charge in [0, 0.05) is 32.7 Å². The van der Waals surface area contributed by atoms with E-state index in [1.54, 1.807) is 11.8 Å². The van der Waals surface area contributed by atoms with Gasteiger partial charge < -0.3 is 9.64 Å². The molecule has 0 aromatic rings. The highest BCUT2D eigenvalue weighted by Crippen LogP contribution is 2.05. The van der Waals surface area contributed by atoms with E-state index in [1.807, 2.05) is 11.2 Å². The van der Waals surface area contributed by atoms with E-state index in [0.717, 1.165) is 32.7 Å². The third kappa shape index (κ3) is 4.95. The molecule has 98 valence electrons. The Kier molecular flexibility index (Phi) is 6.36. The Bertz CT molecular complexity index is 265. The zero-order chi connectivity index (χ0) is 12.7. The van der Waals surface area contributed by atoms with Crippen LogP contribution in [0.4, 0.5) is 0 Å². The fraction of sp³-hybridized carbons (Fsp3) is 0.818. The minimum Gasteiger partial charge on any atom is -0.469 e. The SMILES string of the molecule is COC(=O)CCN1CCN(C(=O)CSC)CC1. The summed E-state index contributed by atoms with van der Waals surface area (Å²) >= 11 is 1.56. The summed E-state index contributed by atoms with van der Waals surface area (Å²) in [5.74, 6) is 0.596. The van der Waals surface area contributed by atoms with E-state index in [-0.39, 0.29) is 11.9 Å². The van der Waals surface area contributed by atoms with Crippen molar-refractivity contribution in [1.82, 2.24) is 9.80 Å². The van der Waals surface area contributed by atoms with Crippen molar-refractivity contribution in [2.75, 3.05) is 51.8 Å². The zero-order valence-corrected chi connectivity index (χ0v) is 11.3. The summed E-state index contributed by atoms with van der Waals surface area (Å²) in [5.41, 5.74) is 0. The van der Waals surface area contributed by atoms with Gasteiger partial charge in [-0.2, -0.15) is 11.8 Å². The Balaban J connectivity index is 2.21. The van der Waals surface area contributed by atoms with Gasteiger partial charge in [0.2, 0.25) is 5.91 Å². The molecule has 1 saturated heterocycles. The summed E-state index contributed by atoms with van der Waals surface area (Å²) < 4.78 is 4.60. The van der Waals surface area contributed by atoms with Gasteiger partial charge in [0.25, 0.3) is 0 Å². The number of ether oxygens (including phenoxy) is 1. The maximum atomic E-state index is 11.6. The summed E-state index contributed by atoms with van der Waals surface area (Å²) in [6.45, 7) is 3.94. The molecule has 1 aliphatic rings. The van der Waals surface area contributed by atoms with Crippen LogP contribution in [0.15, 0.2) is 0 Å². The normalized spacial score (nSPS) is 16.9. The second-order valence-corrected chi connectivity index (χ2v) is 4.85. The smallest absolute Gasteiger partial charge is 0.306 e. The number of hydrogen-bond acceptors (Lipinski definition) is 5. The molecule has 0 spiro atoms. The van der Waals surface area contributed by atoms with Gasteiger partial charge in [0.05, 0.1) is 19.3 Å². The Morgan fingerprint density at radius 1 is 1.24 bits per heavy atom. The van der Waals surface area contributed by atoms with E-state index in [9.17, 15) is 9.59 Å². The zero-order valence-electron chi connectivity index (χ0n) is 10.5. The molecule has 1 rings (SSSR count). The Labute approximate surface area is 106 Å². The summed E-state index contributed by atoms with van der Waals surface area (Å²) in [6.07, 6.45) is 2.36. The van der Waals surface area contributed by atoms with Crippen LogP contribution in [-0.4, -0.2) is 73.5 Å². The lowest BCUT2D eigenvalue weighted by molar-refractivity contribution is -0.141. The van der Waals surface area contributed by atoms with Gasteiger partial charge in [-0.15, -0.1) is 0 Å². The highest BCUT2D eigenvalue weighted by atomic mass is 32.2. The molecule has 0 aliphatic carbocycles. The second-order valence-electron chi connectivity index (χ2n) is 3.98. The number of carbonyl (C=O) groups is 2. The number of nitrogens with zero attached hydrogens (tertiary/aromatic N) is 2. The number of hydrogen-bond donors (Lipinski definition) is 0. The number of carbonyl (C=O) groups excluding carboxylic acids is 2. The first kappa shape index (κ1) is 14.3. The first-order valence-corrected chi connectivity index (χ1v) is 7.12. The van der Waals surface area contributed by atoms with E-state index in [4.69, 9.17) is 0 Å². The van der Waals surface area contributed by atoms with Crippen molar-refractivity contribution >= 4 is 23.6 Å². The number of rotatable bonds is 5. The standard InChI is InChI=1S/C11H20N2O3S/c1-16-11(15)3-4-12-5-7-13(8-6-12)10(14)9-17-2/h3-9H2,1-2H3. The van der Waals surface area contributed by atoms with Gasteiger partial charge >= 0.3 is 5.97 Å². The number of esters is 1. The van der Waals surface area contributed by atoms with E-state index in [1.165, 1.54) is 7.11 Å². The molecule has 0 radical (unpaired) electrons. The van der Waals surface area contributed by atoms with Crippen molar-refractivity contribution in [1.29, 1.82) is 0 Å². The molecule has 5 nitrogen and oxygen atoms in total. The summed E-state index contributed by atoms with van der Waals surface area (Å²) in [6, 6.07) is 0. The molecule has 1 fully saturated rings. The van der Waals surface area contributed by atoms with Crippen LogP contribution < -0.4 is 0 Å². The lowest BCUT2D eigenvalue weighted by Gasteiger charge is -2.34. The van der Waals surface area contributed by atoms with Gasteiger partial charge in [-0.1, -0.05) is 0 Å². The molecular weight excluding hydrogens is 240 g/mol. The lowest BCUT2D eigenvalue weighted by Crippen LogP contribution is -2.49. The van der Waals surface area contributed by atoms with Crippen molar-refractivity contribution in [2.45, 2.75) is 6.42 Å².